The molecule has 1 N–H and O–H groups in total. The Morgan fingerprint density at radius 1 is 1.00 bits per heavy atom. The number of benzene rings is 2. The molecule has 0 radical (unpaired) electrons. The van der Waals surface area contributed by atoms with Crippen LogP contribution in [0.3, 0.4) is 0 Å². The molecule has 0 bridgehead atoms. The van der Waals surface area contributed by atoms with E-state index in [0.29, 0.717) is 5.56 Å². The van der Waals surface area contributed by atoms with E-state index < -0.39 is 17.9 Å². The molecule has 0 saturated carbocycles. The van der Waals surface area contributed by atoms with Crippen molar-refractivity contribution in [2.45, 2.75) is 38.6 Å². The highest BCUT2D eigenvalue weighted by Gasteiger charge is 2.17. The molecule has 0 fully saturated rings. The number of rotatable bonds is 5. The highest BCUT2D eigenvalue weighted by molar-refractivity contribution is 5.96. The average Bonchev–Trinajstić information content (AvgIpc) is 2.54. The number of carbonyl (C=O) groups is 2. The van der Waals surface area contributed by atoms with Crippen LogP contribution in [-0.4, -0.2) is 17.9 Å². The molecule has 0 aliphatic heterocycles. The number of hydrogen-bond donors (Lipinski definition) is 1. The zero-order valence-electron chi connectivity index (χ0n) is 14.2. The second-order valence-electron chi connectivity index (χ2n) is 6.86. The van der Waals surface area contributed by atoms with Gasteiger partial charge in [0, 0.05) is 5.56 Å². The topological polar surface area (TPSA) is 69.2 Å². The summed E-state index contributed by atoms with van der Waals surface area (Å²) in [5.41, 5.74) is 2.37. The van der Waals surface area contributed by atoms with Gasteiger partial charge in [0.15, 0.2) is 0 Å². The van der Waals surface area contributed by atoms with Crippen LogP contribution in [0.25, 0.3) is 0 Å². The van der Waals surface area contributed by atoms with E-state index in [1.807, 2.05) is 42.5 Å². The van der Waals surface area contributed by atoms with E-state index in [0.717, 1.165) is 11.1 Å². The second kappa shape index (κ2) is 7.30. The Balaban J connectivity index is 2.09. The molecule has 4 nitrogen and oxygen atoms in total. The van der Waals surface area contributed by atoms with Crippen LogP contribution >= 0.6 is 0 Å². The van der Waals surface area contributed by atoms with Crippen LogP contribution in [0.2, 0.25) is 0 Å². The first-order valence-corrected chi connectivity index (χ1v) is 7.93. The summed E-state index contributed by atoms with van der Waals surface area (Å²) in [5.74, 6) is -1.71. The van der Waals surface area contributed by atoms with E-state index >= 15 is 0 Å². The molecule has 0 heterocycles. The van der Waals surface area contributed by atoms with Gasteiger partial charge in [-0.25, -0.2) is 0 Å². The van der Waals surface area contributed by atoms with Crippen molar-refractivity contribution in [2.24, 2.45) is 0 Å². The summed E-state index contributed by atoms with van der Waals surface area (Å²) < 4.78 is 0. The fourth-order valence-corrected chi connectivity index (χ4v) is 2.41. The molecule has 1 amide bonds. The van der Waals surface area contributed by atoms with Crippen LogP contribution in [0.15, 0.2) is 54.6 Å². The Hall–Kier alpha value is -2.62. The Morgan fingerprint density at radius 3 is 2.08 bits per heavy atom. The van der Waals surface area contributed by atoms with E-state index in [-0.39, 0.29) is 11.8 Å². The van der Waals surface area contributed by atoms with Crippen molar-refractivity contribution in [3.8, 4) is 0 Å². The lowest BCUT2D eigenvalue weighted by molar-refractivity contribution is -0.308. The molecule has 1 atom stereocenters. The van der Waals surface area contributed by atoms with Crippen molar-refractivity contribution >= 4 is 11.9 Å². The molecule has 0 saturated heterocycles. The first-order chi connectivity index (χ1) is 11.3. The minimum atomic E-state index is -1.29. The number of amides is 1. The van der Waals surface area contributed by atoms with Gasteiger partial charge in [0.2, 0.25) is 0 Å². The van der Waals surface area contributed by atoms with Gasteiger partial charge in [-0.15, -0.1) is 0 Å². The first kappa shape index (κ1) is 17.7. The molecule has 0 aromatic heterocycles. The third kappa shape index (κ3) is 4.69. The molecule has 2 aromatic carbocycles. The van der Waals surface area contributed by atoms with Crippen LogP contribution in [0.4, 0.5) is 0 Å². The van der Waals surface area contributed by atoms with Crippen LogP contribution < -0.4 is 10.4 Å². The minimum Gasteiger partial charge on any atom is -0.548 e. The van der Waals surface area contributed by atoms with Gasteiger partial charge in [-0.05, 0) is 35.1 Å². The third-order valence-corrected chi connectivity index (χ3v) is 3.89. The lowest BCUT2D eigenvalue weighted by Gasteiger charge is -2.21. The number of aliphatic carboxylic acids is 1. The van der Waals surface area contributed by atoms with Crippen molar-refractivity contribution in [3.63, 3.8) is 0 Å². The van der Waals surface area contributed by atoms with Crippen molar-refractivity contribution in [1.82, 2.24) is 5.32 Å². The maximum absolute atomic E-state index is 12.3. The first-order valence-electron chi connectivity index (χ1n) is 7.93. The SMILES string of the molecule is CC(C)(C)c1ccc(C(=O)N[C@@H](Cc2ccccc2)C(=O)[O-])cc1. The van der Waals surface area contributed by atoms with Crippen LogP contribution in [0.1, 0.15) is 42.3 Å². The molecule has 126 valence electrons. The molecule has 4 heteroatoms. The smallest absolute Gasteiger partial charge is 0.251 e. The molecular formula is C20H22NO3-. The third-order valence-electron chi connectivity index (χ3n) is 3.89. The minimum absolute atomic E-state index is 0.00413. The molecular weight excluding hydrogens is 302 g/mol. The van der Waals surface area contributed by atoms with Crippen molar-refractivity contribution < 1.29 is 14.7 Å². The summed E-state index contributed by atoms with van der Waals surface area (Å²) in [6.45, 7) is 6.27. The maximum atomic E-state index is 12.3. The molecule has 2 rings (SSSR count). The van der Waals surface area contributed by atoms with Crippen LogP contribution in [0.5, 0.6) is 0 Å². The highest BCUT2D eigenvalue weighted by atomic mass is 16.4. The number of hydrogen-bond acceptors (Lipinski definition) is 3. The fraction of sp³-hybridized carbons (Fsp3) is 0.300. The predicted molar refractivity (Wildman–Crippen MR) is 91.5 cm³/mol. The Kier molecular flexibility index (Phi) is 5.39. The molecule has 0 aliphatic rings. The van der Waals surface area contributed by atoms with Gasteiger partial charge in [0.05, 0.1) is 12.0 Å². The van der Waals surface area contributed by atoms with Crippen LogP contribution in [-0.2, 0) is 16.6 Å². The second-order valence-corrected chi connectivity index (χ2v) is 6.86. The van der Waals surface area contributed by atoms with Gasteiger partial charge >= 0.3 is 0 Å². The molecule has 24 heavy (non-hydrogen) atoms. The van der Waals surface area contributed by atoms with Gasteiger partial charge in [0.25, 0.3) is 5.91 Å². The average molecular weight is 324 g/mol. The van der Waals surface area contributed by atoms with Crippen molar-refractivity contribution in [1.29, 1.82) is 0 Å². The van der Waals surface area contributed by atoms with E-state index in [9.17, 15) is 14.7 Å². The van der Waals surface area contributed by atoms with Crippen molar-refractivity contribution in [3.05, 3.63) is 71.3 Å². The summed E-state index contributed by atoms with van der Waals surface area (Å²) in [4.78, 5) is 23.6. The van der Waals surface area contributed by atoms with E-state index in [1.54, 1.807) is 12.1 Å². The lowest BCUT2D eigenvalue weighted by Crippen LogP contribution is -2.49. The normalized spacial score (nSPS) is 12.5. The van der Waals surface area contributed by atoms with Gasteiger partial charge in [-0.2, -0.15) is 0 Å². The van der Waals surface area contributed by atoms with Gasteiger partial charge in [0.1, 0.15) is 0 Å². The number of nitrogens with one attached hydrogen (secondary N) is 1. The summed E-state index contributed by atoms with van der Waals surface area (Å²) in [5, 5.41) is 13.9. The van der Waals surface area contributed by atoms with Gasteiger partial charge < -0.3 is 15.2 Å². The van der Waals surface area contributed by atoms with Crippen LogP contribution in [0, 0.1) is 0 Å². The molecule has 0 unspecified atom stereocenters. The Labute approximate surface area is 142 Å². The van der Waals surface area contributed by atoms with E-state index in [2.05, 4.69) is 26.1 Å². The van der Waals surface area contributed by atoms with Crippen molar-refractivity contribution in [2.75, 3.05) is 0 Å². The maximum Gasteiger partial charge on any atom is 0.251 e. The lowest BCUT2D eigenvalue weighted by atomic mass is 9.86. The molecule has 0 aliphatic carbocycles. The van der Waals surface area contributed by atoms with Gasteiger partial charge in [-0.3, -0.25) is 4.79 Å². The monoisotopic (exact) mass is 324 g/mol. The zero-order chi connectivity index (χ0) is 17.7. The van der Waals surface area contributed by atoms with Gasteiger partial charge in [-0.1, -0.05) is 63.2 Å². The standard InChI is InChI=1S/C20H23NO3/c1-20(2,3)16-11-9-15(10-12-16)18(22)21-17(19(23)24)13-14-7-5-4-6-8-14/h4-12,17H,13H2,1-3H3,(H,21,22)(H,23,24)/p-1/t17-/m0/s1. The predicted octanol–water partition coefficient (Wildman–Crippen LogP) is 2.08. The largest absolute Gasteiger partial charge is 0.548 e. The summed E-state index contributed by atoms with van der Waals surface area (Å²) >= 11 is 0. The molecule has 0 spiro atoms. The zero-order valence-corrected chi connectivity index (χ0v) is 14.2. The van der Waals surface area contributed by atoms with E-state index in [1.165, 1.54) is 0 Å². The Bertz CT molecular complexity index is 700. The Morgan fingerprint density at radius 2 is 1.58 bits per heavy atom. The quantitative estimate of drug-likeness (QED) is 0.915. The molecule has 2 aromatic rings. The summed E-state index contributed by atoms with van der Waals surface area (Å²) in [6, 6.07) is 15.3. The fourth-order valence-electron chi connectivity index (χ4n) is 2.41. The van der Waals surface area contributed by atoms with E-state index in [4.69, 9.17) is 0 Å². The number of carboxylic acids is 1. The summed E-state index contributed by atoms with van der Waals surface area (Å²) in [6.07, 6.45) is 0.189. The number of carbonyl (C=O) groups excluding carboxylic acids is 2. The number of carboxylic acid groups (broad SMARTS) is 1. The summed E-state index contributed by atoms with van der Waals surface area (Å²) in [7, 11) is 0. The highest BCUT2D eigenvalue weighted by Crippen LogP contribution is 2.22.